The second-order valence-electron chi connectivity index (χ2n) is 4.03. The fraction of sp³-hybridized carbons (Fsp3) is 0.0909. The molecule has 0 spiro atoms. The van der Waals surface area contributed by atoms with E-state index in [1.54, 1.807) is 17.0 Å². The van der Waals surface area contributed by atoms with Crippen molar-refractivity contribution >= 4 is 22.9 Å². The third-order valence-corrected chi connectivity index (χ3v) is 2.86. The Labute approximate surface area is 112 Å². The molecule has 0 aromatic carbocycles. The smallest absolute Gasteiger partial charge is 0.268 e. The molecule has 3 rings (SSSR count). The number of furan rings is 1. The Bertz CT molecular complexity index is 776. The molecule has 0 unspecified atom stereocenters. The highest BCUT2D eigenvalue weighted by Crippen LogP contribution is 2.18. The van der Waals surface area contributed by atoms with Crippen LogP contribution in [0.2, 0.25) is 0 Å². The van der Waals surface area contributed by atoms with Gasteiger partial charge in [-0.1, -0.05) is 0 Å². The minimum atomic E-state index is -0.424. The Morgan fingerprint density at radius 2 is 2.25 bits per heavy atom. The number of amides is 1. The summed E-state index contributed by atoms with van der Waals surface area (Å²) in [5.74, 6) is 5.44. The Hall–Kier alpha value is -2.94. The van der Waals surface area contributed by atoms with Gasteiger partial charge in [-0.25, -0.2) is 20.8 Å². The van der Waals surface area contributed by atoms with Crippen LogP contribution in [0.15, 0.2) is 29.4 Å². The maximum absolute atomic E-state index is 11.6. The quantitative estimate of drug-likeness (QED) is 0.337. The van der Waals surface area contributed by atoms with Crippen molar-refractivity contribution in [3.63, 3.8) is 0 Å². The minimum absolute atomic E-state index is 0.280. The van der Waals surface area contributed by atoms with E-state index < -0.39 is 5.91 Å². The third kappa shape index (κ3) is 1.86. The maximum atomic E-state index is 11.6. The number of nitrogen functional groups attached to an aromatic ring is 2. The van der Waals surface area contributed by atoms with Crippen molar-refractivity contribution in [2.24, 2.45) is 5.84 Å². The van der Waals surface area contributed by atoms with Gasteiger partial charge in [-0.15, -0.1) is 0 Å². The first kappa shape index (κ1) is 12.1. The first-order chi connectivity index (χ1) is 9.70. The average Bonchev–Trinajstić information content (AvgIpc) is 3.07. The highest BCUT2D eigenvalue weighted by molar-refractivity contribution is 5.94. The van der Waals surface area contributed by atoms with E-state index in [0.29, 0.717) is 28.3 Å². The number of hydrazine groups is 1. The number of carbonyl (C=O) groups excluding carboxylic acids is 1. The van der Waals surface area contributed by atoms with Gasteiger partial charge in [-0.3, -0.25) is 10.2 Å². The SMILES string of the molecule is NNC(=O)c1ccoc1Cn1cnc2c(N)ncnc21. The molecule has 0 saturated heterocycles. The summed E-state index contributed by atoms with van der Waals surface area (Å²) >= 11 is 0. The Balaban J connectivity index is 2.00. The molecule has 5 N–H and O–H groups in total. The number of nitrogens with one attached hydrogen (secondary N) is 1. The number of carbonyl (C=O) groups is 1. The van der Waals surface area contributed by atoms with Crippen molar-refractivity contribution in [2.75, 3.05) is 5.73 Å². The highest BCUT2D eigenvalue weighted by atomic mass is 16.3. The third-order valence-electron chi connectivity index (χ3n) is 2.86. The van der Waals surface area contributed by atoms with Gasteiger partial charge in [0.1, 0.15) is 17.6 Å². The van der Waals surface area contributed by atoms with Gasteiger partial charge in [0, 0.05) is 0 Å². The van der Waals surface area contributed by atoms with E-state index in [4.69, 9.17) is 16.0 Å². The molecule has 0 fully saturated rings. The van der Waals surface area contributed by atoms with Crippen molar-refractivity contribution in [3.05, 3.63) is 36.3 Å². The Morgan fingerprint density at radius 3 is 3.05 bits per heavy atom. The van der Waals surface area contributed by atoms with Gasteiger partial charge < -0.3 is 14.7 Å². The zero-order chi connectivity index (χ0) is 14.1. The predicted octanol–water partition coefficient (Wildman–Crippen LogP) is -0.347. The molecule has 3 heterocycles. The normalized spacial score (nSPS) is 10.8. The van der Waals surface area contributed by atoms with Crippen LogP contribution in [0, 0.1) is 0 Å². The molecule has 0 aliphatic heterocycles. The van der Waals surface area contributed by atoms with Crippen LogP contribution in [0.4, 0.5) is 5.82 Å². The Kier molecular flexibility index (Phi) is 2.80. The van der Waals surface area contributed by atoms with Gasteiger partial charge in [-0.05, 0) is 6.07 Å². The predicted molar refractivity (Wildman–Crippen MR) is 69.2 cm³/mol. The van der Waals surface area contributed by atoms with E-state index in [2.05, 4.69) is 20.4 Å². The second kappa shape index (κ2) is 4.63. The molecular formula is C11H11N7O2. The molecule has 9 nitrogen and oxygen atoms in total. The van der Waals surface area contributed by atoms with E-state index in [9.17, 15) is 4.79 Å². The van der Waals surface area contributed by atoms with Gasteiger partial charge in [0.2, 0.25) is 0 Å². The molecular weight excluding hydrogens is 262 g/mol. The molecule has 0 aliphatic carbocycles. The summed E-state index contributed by atoms with van der Waals surface area (Å²) in [7, 11) is 0. The number of nitrogens with two attached hydrogens (primary N) is 2. The zero-order valence-corrected chi connectivity index (χ0v) is 10.3. The molecule has 1 amide bonds. The van der Waals surface area contributed by atoms with E-state index in [1.807, 2.05) is 0 Å². The number of fused-ring (bicyclic) bond motifs is 1. The van der Waals surface area contributed by atoms with Gasteiger partial charge in [0.05, 0.1) is 24.7 Å². The monoisotopic (exact) mass is 273 g/mol. The summed E-state index contributed by atoms with van der Waals surface area (Å²) in [5, 5.41) is 0. The van der Waals surface area contributed by atoms with E-state index in [0.717, 1.165) is 0 Å². The van der Waals surface area contributed by atoms with Crippen molar-refractivity contribution in [3.8, 4) is 0 Å². The molecule has 0 radical (unpaired) electrons. The molecule has 0 bridgehead atoms. The number of imidazole rings is 1. The maximum Gasteiger partial charge on any atom is 0.268 e. The second-order valence-corrected chi connectivity index (χ2v) is 4.03. The van der Waals surface area contributed by atoms with Gasteiger partial charge >= 0.3 is 0 Å². The van der Waals surface area contributed by atoms with Crippen LogP contribution in [0.25, 0.3) is 11.2 Å². The largest absolute Gasteiger partial charge is 0.467 e. The van der Waals surface area contributed by atoms with Crippen molar-refractivity contribution in [1.29, 1.82) is 0 Å². The van der Waals surface area contributed by atoms with E-state index in [-0.39, 0.29) is 6.54 Å². The van der Waals surface area contributed by atoms with Crippen molar-refractivity contribution < 1.29 is 9.21 Å². The standard InChI is InChI=1S/C11H11N7O2/c12-9-8-10(15-4-14-9)18(5-16-8)3-7-6(1-2-20-7)11(19)17-13/h1-2,4-5H,3,13H2,(H,17,19)(H2,12,14,15). The van der Waals surface area contributed by atoms with E-state index in [1.165, 1.54) is 12.6 Å². The van der Waals surface area contributed by atoms with Gasteiger partial charge in [0.15, 0.2) is 11.5 Å². The lowest BCUT2D eigenvalue weighted by molar-refractivity contribution is 0.0951. The van der Waals surface area contributed by atoms with Crippen LogP contribution < -0.4 is 17.0 Å². The lowest BCUT2D eigenvalue weighted by atomic mass is 10.2. The van der Waals surface area contributed by atoms with Crippen LogP contribution >= 0.6 is 0 Å². The van der Waals surface area contributed by atoms with Crippen LogP contribution in [-0.4, -0.2) is 25.4 Å². The van der Waals surface area contributed by atoms with Crippen molar-refractivity contribution in [2.45, 2.75) is 6.54 Å². The molecule has 3 aromatic heterocycles. The molecule has 20 heavy (non-hydrogen) atoms. The number of nitrogens with zero attached hydrogens (tertiary/aromatic N) is 4. The average molecular weight is 273 g/mol. The minimum Gasteiger partial charge on any atom is -0.467 e. The lowest BCUT2D eigenvalue weighted by Gasteiger charge is -2.03. The fourth-order valence-corrected chi connectivity index (χ4v) is 1.91. The first-order valence-corrected chi connectivity index (χ1v) is 5.69. The van der Waals surface area contributed by atoms with Gasteiger partial charge in [-0.2, -0.15) is 0 Å². The summed E-state index contributed by atoms with van der Waals surface area (Å²) in [6.07, 6.45) is 4.33. The fourth-order valence-electron chi connectivity index (χ4n) is 1.91. The van der Waals surface area contributed by atoms with E-state index >= 15 is 0 Å². The van der Waals surface area contributed by atoms with Gasteiger partial charge in [0.25, 0.3) is 5.91 Å². The molecule has 102 valence electrons. The summed E-state index contributed by atoms with van der Waals surface area (Å²) in [6, 6.07) is 1.54. The number of hydrogen-bond donors (Lipinski definition) is 3. The Morgan fingerprint density at radius 1 is 1.40 bits per heavy atom. The first-order valence-electron chi connectivity index (χ1n) is 5.69. The summed E-state index contributed by atoms with van der Waals surface area (Å²) < 4.78 is 7.01. The number of hydrogen-bond acceptors (Lipinski definition) is 7. The van der Waals surface area contributed by atoms with Crippen LogP contribution in [0.3, 0.4) is 0 Å². The molecule has 0 atom stereocenters. The zero-order valence-electron chi connectivity index (χ0n) is 10.3. The summed E-state index contributed by atoms with van der Waals surface area (Å²) in [5.41, 5.74) is 9.20. The molecule has 9 heteroatoms. The molecule has 0 aliphatic rings. The topological polar surface area (TPSA) is 138 Å². The summed E-state index contributed by atoms with van der Waals surface area (Å²) in [4.78, 5) is 23.7. The van der Waals surface area contributed by atoms with Crippen molar-refractivity contribution in [1.82, 2.24) is 24.9 Å². The summed E-state index contributed by atoms with van der Waals surface area (Å²) in [6.45, 7) is 0.280. The van der Waals surface area contributed by atoms with Crippen LogP contribution in [-0.2, 0) is 6.54 Å². The number of rotatable bonds is 3. The molecule has 0 saturated carbocycles. The van der Waals surface area contributed by atoms with Crippen LogP contribution in [0.1, 0.15) is 16.1 Å². The van der Waals surface area contributed by atoms with Crippen LogP contribution in [0.5, 0.6) is 0 Å². The highest BCUT2D eigenvalue weighted by Gasteiger charge is 2.16. The molecule has 3 aromatic rings. The lowest BCUT2D eigenvalue weighted by Crippen LogP contribution is -2.30. The number of anilines is 1. The number of aromatic nitrogens is 4.